The average Bonchev–Trinajstić information content (AvgIpc) is 3.52. The van der Waals surface area contributed by atoms with Crippen molar-refractivity contribution in [3.05, 3.63) is 53.1 Å². The molecule has 1 N–H and O–H groups in total. The highest BCUT2D eigenvalue weighted by Crippen LogP contribution is 2.38. The van der Waals surface area contributed by atoms with Gasteiger partial charge in [-0.3, -0.25) is 9.29 Å². The van der Waals surface area contributed by atoms with E-state index in [0.29, 0.717) is 33.8 Å². The van der Waals surface area contributed by atoms with Crippen molar-refractivity contribution in [2.24, 2.45) is 0 Å². The zero-order chi connectivity index (χ0) is 27.3. The second-order valence-corrected chi connectivity index (χ2v) is 11.2. The van der Waals surface area contributed by atoms with Crippen molar-refractivity contribution in [1.82, 2.24) is 29.7 Å². The molecule has 38 heavy (non-hydrogen) atoms. The van der Waals surface area contributed by atoms with Crippen LogP contribution in [0, 0.1) is 13.8 Å². The monoisotopic (exact) mass is 559 g/mol. The lowest BCUT2D eigenvalue weighted by molar-refractivity contribution is 0.193. The van der Waals surface area contributed by atoms with Crippen molar-refractivity contribution in [2.75, 3.05) is 32.7 Å². The lowest BCUT2D eigenvalue weighted by Crippen LogP contribution is -2.32. The number of aryl methyl sites for hydroxylation is 2. The van der Waals surface area contributed by atoms with Crippen LogP contribution in [-0.4, -0.2) is 71.3 Å². The quantitative estimate of drug-likeness (QED) is 0.275. The summed E-state index contributed by atoms with van der Waals surface area (Å²) in [5.41, 5.74) is 2.11. The minimum Gasteiger partial charge on any atom is -0.494 e. The van der Waals surface area contributed by atoms with Gasteiger partial charge >= 0.3 is 0 Å². The van der Waals surface area contributed by atoms with Gasteiger partial charge in [0.2, 0.25) is 16.0 Å². The van der Waals surface area contributed by atoms with Crippen LogP contribution in [0.3, 0.4) is 0 Å². The van der Waals surface area contributed by atoms with Gasteiger partial charge in [0.1, 0.15) is 23.0 Å². The lowest BCUT2D eigenvalue weighted by Gasteiger charge is -2.20. The Labute approximate surface area is 225 Å². The molecule has 0 bridgehead atoms. The molecule has 14 heteroatoms. The number of nitrogens with one attached hydrogen (secondary N) is 1. The molecule has 4 aromatic rings. The average molecular weight is 560 g/mol. The number of para-hydroxylation sites is 1. The number of aromatic nitrogens is 6. The van der Waals surface area contributed by atoms with Crippen molar-refractivity contribution in [3.8, 4) is 28.0 Å². The first kappa shape index (κ1) is 27.4. The van der Waals surface area contributed by atoms with Crippen LogP contribution in [0.25, 0.3) is 16.5 Å². The number of methoxy groups -OCH3 is 3. The number of nitrogens with zero attached hydrogens (tertiary/aromatic N) is 6. The number of rotatable bonds is 12. The van der Waals surface area contributed by atoms with E-state index in [-0.39, 0.29) is 25.4 Å². The molecule has 0 aliphatic rings. The van der Waals surface area contributed by atoms with Crippen LogP contribution in [0.15, 0.2) is 36.0 Å². The van der Waals surface area contributed by atoms with Gasteiger partial charge in [-0.25, -0.2) is 23.4 Å². The number of hydrogen-bond donors (Lipinski definition) is 1. The van der Waals surface area contributed by atoms with Crippen molar-refractivity contribution < 1.29 is 22.6 Å². The minimum absolute atomic E-state index is 0.0390. The SMILES string of the molecule is COCC[C@H](Cc1ncc(C)cn1)S(=O)(=O)Nc1nnc(-c2nc(C)cs2)n1-c1c(OC)cccc1OC. The zero-order valence-corrected chi connectivity index (χ0v) is 23.3. The van der Waals surface area contributed by atoms with Crippen molar-refractivity contribution in [1.29, 1.82) is 0 Å². The van der Waals surface area contributed by atoms with Crippen molar-refractivity contribution in [2.45, 2.75) is 31.9 Å². The Morgan fingerprint density at radius 2 is 1.74 bits per heavy atom. The number of sulfonamides is 1. The molecule has 1 atom stereocenters. The molecule has 0 spiro atoms. The zero-order valence-electron chi connectivity index (χ0n) is 21.7. The number of thiazole rings is 1. The molecule has 3 heterocycles. The Bertz CT molecular complexity index is 1460. The normalized spacial score (nSPS) is 12.3. The van der Waals surface area contributed by atoms with Gasteiger partial charge in [0, 0.05) is 43.6 Å². The number of benzene rings is 1. The van der Waals surface area contributed by atoms with E-state index < -0.39 is 15.3 Å². The Balaban J connectivity index is 1.81. The van der Waals surface area contributed by atoms with Gasteiger partial charge in [0.25, 0.3) is 0 Å². The summed E-state index contributed by atoms with van der Waals surface area (Å²) in [6, 6.07) is 5.25. The third-order valence-corrected chi connectivity index (χ3v) is 8.36. The molecule has 0 radical (unpaired) electrons. The lowest BCUT2D eigenvalue weighted by atomic mass is 10.2. The van der Waals surface area contributed by atoms with Gasteiger partial charge < -0.3 is 14.2 Å². The fourth-order valence-electron chi connectivity index (χ4n) is 3.76. The molecule has 4 rings (SSSR count). The highest BCUT2D eigenvalue weighted by molar-refractivity contribution is 7.93. The molecule has 0 fully saturated rings. The smallest absolute Gasteiger partial charge is 0.243 e. The second-order valence-electron chi connectivity index (χ2n) is 8.42. The summed E-state index contributed by atoms with van der Waals surface area (Å²) in [5.74, 6) is 1.57. The highest BCUT2D eigenvalue weighted by atomic mass is 32.2. The molecule has 0 amide bonds. The van der Waals surface area contributed by atoms with Crippen molar-refractivity contribution >= 4 is 27.3 Å². The summed E-state index contributed by atoms with van der Waals surface area (Å²) in [4.78, 5) is 13.1. The molecule has 0 saturated heterocycles. The van der Waals surface area contributed by atoms with E-state index in [1.807, 2.05) is 19.2 Å². The van der Waals surface area contributed by atoms with Gasteiger partial charge in [-0.15, -0.1) is 21.5 Å². The molecule has 0 saturated carbocycles. The Morgan fingerprint density at radius 1 is 1.05 bits per heavy atom. The molecule has 12 nitrogen and oxygen atoms in total. The molecule has 0 aliphatic heterocycles. The summed E-state index contributed by atoms with van der Waals surface area (Å²) in [5, 5.41) is 10.0. The summed E-state index contributed by atoms with van der Waals surface area (Å²) >= 11 is 1.36. The largest absolute Gasteiger partial charge is 0.494 e. The van der Waals surface area contributed by atoms with Crippen LogP contribution < -0.4 is 14.2 Å². The van der Waals surface area contributed by atoms with Gasteiger partial charge in [-0.1, -0.05) is 6.07 Å². The Morgan fingerprint density at radius 3 is 2.32 bits per heavy atom. The van der Waals surface area contributed by atoms with Crippen molar-refractivity contribution in [3.63, 3.8) is 0 Å². The van der Waals surface area contributed by atoms with Crippen LogP contribution in [-0.2, 0) is 21.2 Å². The fraction of sp³-hybridized carbons (Fsp3) is 0.375. The number of anilines is 1. The van der Waals surface area contributed by atoms with Crippen LogP contribution in [0.5, 0.6) is 11.5 Å². The van der Waals surface area contributed by atoms with E-state index >= 15 is 0 Å². The van der Waals surface area contributed by atoms with E-state index in [0.717, 1.165) is 11.3 Å². The topological polar surface area (TPSA) is 143 Å². The van der Waals surface area contributed by atoms with Crippen LogP contribution >= 0.6 is 11.3 Å². The molecule has 3 aromatic heterocycles. The molecule has 1 aromatic carbocycles. The standard InChI is InChI=1S/C24H29N7O5S2/c1-15-12-25-20(26-13-15)11-17(9-10-34-3)38(32,33)30-24-29-28-22(23-27-16(2)14-37-23)31(24)21-18(35-4)7-6-8-19(21)36-5/h6-8,12-14,17H,9-11H2,1-5H3,(H,29,30)/t17-/m1/s1. The van der Waals surface area contributed by atoms with Crippen LogP contribution in [0.4, 0.5) is 5.95 Å². The fourth-order valence-corrected chi connectivity index (χ4v) is 5.86. The number of hydrogen-bond acceptors (Lipinski definition) is 11. The molecular formula is C24H29N7O5S2. The first-order valence-corrected chi connectivity index (χ1v) is 14.1. The maximum absolute atomic E-state index is 13.7. The van der Waals surface area contributed by atoms with E-state index in [2.05, 4.69) is 29.9 Å². The van der Waals surface area contributed by atoms with E-state index in [9.17, 15) is 8.42 Å². The third-order valence-electron chi connectivity index (χ3n) is 5.66. The summed E-state index contributed by atoms with van der Waals surface area (Å²) in [6.07, 6.45) is 3.61. The van der Waals surface area contributed by atoms with E-state index in [1.165, 1.54) is 32.7 Å². The second kappa shape index (κ2) is 11.8. The Kier molecular flexibility index (Phi) is 8.54. The summed E-state index contributed by atoms with van der Waals surface area (Å²) in [7, 11) is 0.531. The predicted molar refractivity (Wildman–Crippen MR) is 144 cm³/mol. The van der Waals surface area contributed by atoms with Gasteiger partial charge in [0.15, 0.2) is 10.8 Å². The first-order chi connectivity index (χ1) is 18.3. The summed E-state index contributed by atoms with van der Waals surface area (Å²) < 4.78 is 48.1. The van der Waals surface area contributed by atoms with E-state index in [1.54, 1.807) is 35.2 Å². The summed E-state index contributed by atoms with van der Waals surface area (Å²) in [6.45, 7) is 3.96. The Hall–Kier alpha value is -3.62. The van der Waals surface area contributed by atoms with E-state index in [4.69, 9.17) is 14.2 Å². The maximum atomic E-state index is 13.7. The molecule has 0 aliphatic carbocycles. The molecule has 202 valence electrons. The van der Waals surface area contributed by atoms with Gasteiger partial charge in [0.05, 0.1) is 19.5 Å². The molecule has 0 unspecified atom stereocenters. The van der Waals surface area contributed by atoms with Crippen LogP contribution in [0.1, 0.15) is 23.5 Å². The van der Waals surface area contributed by atoms with Gasteiger partial charge in [-0.2, -0.15) is 0 Å². The third kappa shape index (κ3) is 5.92. The first-order valence-electron chi connectivity index (χ1n) is 11.6. The maximum Gasteiger partial charge on any atom is 0.243 e. The predicted octanol–water partition coefficient (Wildman–Crippen LogP) is 3.20. The highest BCUT2D eigenvalue weighted by Gasteiger charge is 2.31. The van der Waals surface area contributed by atoms with Gasteiger partial charge in [-0.05, 0) is 38.0 Å². The molecular weight excluding hydrogens is 530 g/mol. The number of ether oxygens (including phenoxy) is 3. The van der Waals surface area contributed by atoms with Crippen LogP contribution in [0.2, 0.25) is 0 Å². The minimum atomic E-state index is -4.02.